The maximum absolute atomic E-state index is 11.1. The second-order valence-corrected chi connectivity index (χ2v) is 4.77. The van der Waals surface area contributed by atoms with Crippen molar-refractivity contribution in [3.8, 4) is 0 Å². The fourth-order valence-electron chi connectivity index (χ4n) is 1.75. The molecule has 0 bridgehead atoms. The Morgan fingerprint density at radius 3 is 2.53 bits per heavy atom. The van der Waals surface area contributed by atoms with Crippen LogP contribution in [0.15, 0.2) is 42.5 Å². The predicted molar refractivity (Wildman–Crippen MR) is 76.9 cm³/mol. The van der Waals surface area contributed by atoms with Gasteiger partial charge in [0.2, 0.25) is 0 Å². The van der Waals surface area contributed by atoms with E-state index in [1.165, 1.54) is 11.6 Å². The highest BCUT2D eigenvalue weighted by molar-refractivity contribution is 6.31. The monoisotopic (exact) mass is 275 g/mol. The summed E-state index contributed by atoms with van der Waals surface area (Å²) in [6, 6.07) is 12.8. The summed E-state index contributed by atoms with van der Waals surface area (Å²) in [7, 11) is 0. The normalized spacial score (nSPS) is 10.2. The summed E-state index contributed by atoms with van der Waals surface area (Å²) in [5.74, 6) is -0.969. The quantitative estimate of drug-likeness (QED) is 0.888. The molecule has 0 aromatic heterocycles. The Morgan fingerprint density at radius 1 is 1.21 bits per heavy atom. The van der Waals surface area contributed by atoms with Crippen LogP contribution in [0, 0.1) is 6.92 Å². The Kier molecular flexibility index (Phi) is 4.07. The SMILES string of the molecule is Cc1ccc(CNc2cc(Cl)ccc2C(=O)O)cc1. The molecule has 0 radical (unpaired) electrons. The summed E-state index contributed by atoms with van der Waals surface area (Å²) >= 11 is 5.89. The van der Waals surface area contributed by atoms with Crippen molar-refractivity contribution in [2.45, 2.75) is 13.5 Å². The first-order valence-electron chi connectivity index (χ1n) is 5.88. The molecule has 0 amide bonds. The fraction of sp³-hybridized carbons (Fsp3) is 0.133. The van der Waals surface area contributed by atoms with Gasteiger partial charge in [-0.1, -0.05) is 41.4 Å². The van der Waals surface area contributed by atoms with E-state index in [9.17, 15) is 4.79 Å². The Labute approximate surface area is 116 Å². The predicted octanol–water partition coefficient (Wildman–Crippen LogP) is 3.96. The van der Waals surface area contributed by atoms with E-state index < -0.39 is 5.97 Å². The number of benzene rings is 2. The first-order chi connectivity index (χ1) is 9.06. The lowest BCUT2D eigenvalue weighted by Gasteiger charge is -2.10. The van der Waals surface area contributed by atoms with E-state index in [4.69, 9.17) is 16.7 Å². The number of halogens is 1. The summed E-state index contributed by atoms with van der Waals surface area (Å²) in [6.07, 6.45) is 0. The number of hydrogen-bond acceptors (Lipinski definition) is 2. The number of nitrogens with one attached hydrogen (secondary N) is 1. The number of carboxylic acids is 1. The highest BCUT2D eigenvalue weighted by Crippen LogP contribution is 2.21. The molecule has 3 nitrogen and oxygen atoms in total. The van der Waals surface area contributed by atoms with Gasteiger partial charge in [-0.2, -0.15) is 0 Å². The lowest BCUT2D eigenvalue weighted by atomic mass is 10.1. The molecule has 0 heterocycles. The second-order valence-electron chi connectivity index (χ2n) is 4.33. The third kappa shape index (κ3) is 3.48. The fourth-order valence-corrected chi connectivity index (χ4v) is 1.92. The molecule has 19 heavy (non-hydrogen) atoms. The molecule has 0 saturated heterocycles. The number of carbonyl (C=O) groups is 1. The summed E-state index contributed by atoms with van der Waals surface area (Å²) in [6.45, 7) is 2.58. The van der Waals surface area contributed by atoms with E-state index in [1.807, 2.05) is 31.2 Å². The van der Waals surface area contributed by atoms with Crippen LogP contribution < -0.4 is 5.32 Å². The molecule has 0 aliphatic carbocycles. The Morgan fingerprint density at radius 2 is 1.89 bits per heavy atom. The zero-order valence-electron chi connectivity index (χ0n) is 10.5. The minimum Gasteiger partial charge on any atom is -0.478 e. The molecule has 0 fully saturated rings. The Bertz CT molecular complexity index is 594. The smallest absolute Gasteiger partial charge is 0.337 e. The van der Waals surface area contributed by atoms with Crippen LogP contribution in [0.4, 0.5) is 5.69 Å². The molecule has 0 atom stereocenters. The standard InChI is InChI=1S/C15H14ClNO2/c1-10-2-4-11(5-3-10)9-17-14-8-12(16)6-7-13(14)15(18)19/h2-8,17H,9H2,1H3,(H,18,19). The van der Waals surface area contributed by atoms with Crippen molar-refractivity contribution < 1.29 is 9.90 Å². The van der Waals surface area contributed by atoms with Crippen LogP contribution in [0.25, 0.3) is 0 Å². The number of aromatic carboxylic acids is 1. The molecular weight excluding hydrogens is 262 g/mol. The van der Waals surface area contributed by atoms with E-state index >= 15 is 0 Å². The maximum Gasteiger partial charge on any atom is 0.337 e. The number of aryl methyl sites for hydroxylation is 1. The average molecular weight is 276 g/mol. The van der Waals surface area contributed by atoms with Gasteiger partial charge in [-0.15, -0.1) is 0 Å². The average Bonchev–Trinajstić information content (AvgIpc) is 2.38. The van der Waals surface area contributed by atoms with Gasteiger partial charge in [0.05, 0.1) is 11.3 Å². The minimum absolute atomic E-state index is 0.219. The molecule has 0 unspecified atom stereocenters. The molecule has 4 heteroatoms. The summed E-state index contributed by atoms with van der Waals surface area (Å²) in [5.41, 5.74) is 3.02. The van der Waals surface area contributed by atoms with Gasteiger partial charge in [0.25, 0.3) is 0 Å². The Balaban J connectivity index is 2.16. The van der Waals surface area contributed by atoms with Crippen LogP contribution in [-0.4, -0.2) is 11.1 Å². The van der Waals surface area contributed by atoms with Crippen LogP contribution in [0.5, 0.6) is 0 Å². The van der Waals surface area contributed by atoms with Gasteiger partial charge in [0, 0.05) is 11.6 Å². The van der Waals surface area contributed by atoms with Crippen LogP contribution in [0.2, 0.25) is 5.02 Å². The maximum atomic E-state index is 11.1. The number of anilines is 1. The third-order valence-corrected chi connectivity index (χ3v) is 3.05. The minimum atomic E-state index is -0.969. The molecular formula is C15H14ClNO2. The van der Waals surface area contributed by atoms with Gasteiger partial charge in [-0.25, -0.2) is 4.79 Å². The number of hydrogen-bond donors (Lipinski definition) is 2. The van der Waals surface area contributed by atoms with Crippen molar-refractivity contribution >= 4 is 23.3 Å². The van der Waals surface area contributed by atoms with Gasteiger partial charge in [0.1, 0.15) is 0 Å². The van der Waals surface area contributed by atoms with Crippen molar-refractivity contribution in [3.05, 3.63) is 64.2 Å². The van der Waals surface area contributed by atoms with Gasteiger partial charge in [-0.05, 0) is 30.7 Å². The summed E-state index contributed by atoms with van der Waals surface area (Å²) < 4.78 is 0. The molecule has 0 aliphatic rings. The van der Waals surface area contributed by atoms with E-state index in [-0.39, 0.29) is 5.56 Å². The van der Waals surface area contributed by atoms with E-state index in [0.717, 1.165) is 5.56 Å². The van der Waals surface area contributed by atoms with Crippen molar-refractivity contribution in [1.82, 2.24) is 0 Å². The van der Waals surface area contributed by atoms with Gasteiger partial charge in [0.15, 0.2) is 0 Å². The largest absolute Gasteiger partial charge is 0.478 e. The molecule has 98 valence electrons. The molecule has 2 aromatic rings. The van der Waals surface area contributed by atoms with E-state index in [0.29, 0.717) is 17.3 Å². The summed E-state index contributed by atoms with van der Waals surface area (Å²) in [4.78, 5) is 11.1. The van der Waals surface area contributed by atoms with Gasteiger partial charge in [-0.3, -0.25) is 0 Å². The van der Waals surface area contributed by atoms with Crippen molar-refractivity contribution in [3.63, 3.8) is 0 Å². The van der Waals surface area contributed by atoms with Crippen molar-refractivity contribution in [2.75, 3.05) is 5.32 Å². The van der Waals surface area contributed by atoms with Crippen LogP contribution in [0.1, 0.15) is 21.5 Å². The van der Waals surface area contributed by atoms with Crippen molar-refractivity contribution in [2.24, 2.45) is 0 Å². The lowest BCUT2D eigenvalue weighted by molar-refractivity contribution is 0.0698. The topological polar surface area (TPSA) is 49.3 Å². The second kappa shape index (κ2) is 5.76. The molecule has 2 N–H and O–H groups in total. The third-order valence-electron chi connectivity index (χ3n) is 2.82. The van der Waals surface area contributed by atoms with Gasteiger partial charge >= 0.3 is 5.97 Å². The Hall–Kier alpha value is -2.00. The van der Waals surface area contributed by atoms with E-state index in [2.05, 4.69) is 5.32 Å². The first-order valence-corrected chi connectivity index (χ1v) is 6.26. The molecule has 2 aromatic carbocycles. The zero-order chi connectivity index (χ0) is 13.8. The first kappa shape index (κ1) is 13.4. The molecule has 2 rings (SSSR count). The number of carboxylic acid groups (broad SMARTS) is 1. The summed E-state index contributed by atoms with van der Waals surface area (Å²) in [5, 5.41) is 12.7. The molecule has 0 spiro atoms. The van der Waals surface area contributed by atoms with Crippen LogP contribution >= 0.6 is 11.6 Å². The van der Waals surface area contributed by atoms with Gasteiger partial charge < -0.3 is 10.4 Å². The highest BCUT2D eigenvalue weighted by atomic mass is 35.5. The highest BCUT2D eigenvalue weighted by Gasteiger charge is 2.10. The zero-order valence-corrected chi connectivity index (χ0v) is 11.2. The molecule has 0 aliphatic heterocycles. The molecule has 0 saturated carbocycles. The van der Waals surface area contributed by atoms with E-state index in [1.54, 1.807) is 12.1 Å². The van der Waals surface area contributed by atoms with Crippen LogP contribution in [-0.2, 0) is 6.54 Å². The van der Waals surface area contributed by atoms with Crippen molar-refractivity contribution in [1.29, 1.82) is 0 Å². The number of rotatable bonds is 4. The van der Waals surface area contributed by atoms with Crippen LogP contribution in [0.3, 0.4) is 0 Å². The lowest BCUT2D eigenvalue weighted by Crippen LogP contribution is -2.06.